The summed E-state index contributed by atoms with van der Waals surface area (Å²) in [7, 11) is 1.69. The summed E-state index contributed by atoms with van der Waals surface area (Å²) >= 11 is 0. The summed E-state index contributed by atoms with van der Waals surface area (Å²) in [6, 6.07) is -0.0149. The number of rotatable bonds is 4. The fraction of sp³-hybridized carbons (Fsp3) is 0.636. The van der Waals surface area contributed by atoms with Gasteiger partial charge in [0, 0.05) is 37.0 Å². The molecule has 0 radical (unpaired) electrons. The van der Waals surface area contributed by atoms with Crippen LogP contribution in [0.1, 0.15) is 37.0 Å². The van der Waals surface area contributed by atoms with E-state index in [1.165, 1.54) is 0 Å². The van der Waals surface area contributed by atoms with Crippen molar-refractivity contribution in [3.05, 3.63) is 23.3 Å². The third-order valence-electron chi connectivity index (χ3n) is 2.43. The maximum absolute atomic E-state index is 5.79. The van der Waals surface area contributed by atoms with Crippen LogP contribution >= 0.6 is 0 Å². The summed E-state index contributed by atoms with van der Waals surface area (Å²) in [5.41, 5.74) is 7.75. The van der Waals surface area contributed by atoms with Gasteiger partial charge in [-0.05, 0) is 20.8 Å². The lowest BCUT2D eigenvalue weighted by atomic mass is 10.1. The highest BCUT2D eigenvalue weighted by Gasteiger charge is 2.09. The van der Waals surface area contributed by atoms with Crippen LogP contribution in [0.4, 0.5) is 0 Å². The molecule has 0 aliphatic heterocycles. The Morgan fingerprint density at radius 3 is 2.60 bits per heavy atom. The smallest absolute Gasteiger partial charge is 0.131 e. The van der Waals surface area contributed by atoms with Gasteiger partial charge in [0.15, 0.2) is 0 Å². The highest BCUT2D eigenvalue weighted by atomic mass is 16.5. The molecular formula is C11H19N3O. The number of hydrogen-bond acceptors (Lipinski definition) is 4. The Bertz CT molecular complexity index is 326. The van der Waals surface area contributed by atoms with Crippen LogP contribution in [0.3, 0.4) is 0 Å². The summed E-state index contributed by atoms with van der Waals surface area (Å²) in [6.45, 7) is 5.89. The molecule has 4 nitrogen and oxygen atoms in total. The quantitative estimate of drug-likeness (QED) is 0.813. The lowest BCUT2D eigenvalue weighted by Crippen LogP contribution is -2.14. The molecule has 15 heavy (non-hydrogen) atoms. The van der Waals surface area contributed by atoms with Gasteiger partial charge in [0.1, 0.15) is 5.82 Å². The normalized spacial score (nSPS) is 15.0. The first-order valence-electron chi connectivity index (χ1n) is 5.15. The number of nitrogens with two attached hydrogens (primary N) is 1. The lowest BCUT2D eigenvalue weighted by Gasteiger charge is -2.11. The van der Waals surface area contributed by atoms with Gasteiger partial charge >= 0.3 is 0 Å². The molecule has 84 valence electrons. The molecule has 1 heterocycles. The fourth-order valence-electron chi connectivity index (χ4n) is 1.41. The zero-order valence-electron chi connectivity index (χ0n) is 9.82. The van der Waals surface area contributed by atoms with Crippen molar-refractivity contribution in [1.82, 2.24) is 9.97 Å². The third-order valence-corrected chi connectivity index (χ3v) is 2.43. The molecule has 1 rings (SSSR count). The second-order valence-electron chi connectivity index (χ2n) is 3.87. The Morgan fingerprint density at radius 1 is 1.47 bits per heavy atom. The summed E-state index contributed by atoms with van der Waals surface area (Å²) in [5.74, 6) is 0.811. The van der Waals surface area contributed by atoms with Crippen molar-refractivity contribution in [3.8, 4) is 0 Å². The molecular weight excluding hydrogens is 190 g/mol. The maximum atomic E-state index is 5.79. The Morgan fingerprint density at radius 2 is 2.13 bits per heavy atom. The van der Waals surface area contributed by atoms with E-state index in [1.807, 2.05) is 27.0 Å². The van der Waals surface area contributed by atoms with E-state index in [9.17, 15) is 0 Å². The first-order valence-corrected chi connectivity index (χ1v) is 5.15. The predicted octanol–water partition coefficient (Wildman–Crippen LogP) is 1.38. The van der Waals surface area contributed by atoms with Crippen LogP contribution in [0, 0.1) is 6.92 Å². The topological polar surface area (TPSA) is 61.0 Å². The molecule has 4 heteroatoms. The van der Waals surface area contributed by atoms with Crippen molar-refractivity contribution in [2.75, 3.05) is 7.11 Å². The number of aromatic nitrogens is 2. The molecule has 1 aromatic rings. The van der Waals surface area contributed by atoms with Crippen LogP contribution in [-0.4, -0.2) is 23.2 Å². The van der Waals surface area contributed by atoms with Crippen LogP contribution in [0.2, 0.25) is 0 Å². The second-order valence-corrected chi connectivity index (χ2v) is 3.87. The van der Waals surface area contributed by atoms with Gasteiger partial charge in [0.25, 0.3) is 0 Å². The van der Waals surface area contributed by atoms with Crippen molar-refractivity contribution in [1.29, 1.82) is 0 Å². The van der Waals surface area contributed by atoms with Gasteiger partial charge in [-0.3, -0.25) is 0 Å². The number of aryl methyl sites for hydroxylation is 1. The molecule has 2 atom stereocenters. The Hall–Kier alpha value is -1.00. The van der Waals surface area contributed by atoms with Crippen LogP contribution < -0.4 is 5.73 Å². The van der Waals surface area contributed by atoms with Crippen molar-refractivity contribution < 1.29 is 4.74 Å². The molecule has 0 fully saturated rings. The van der Waals surface area contributed by atoms with Crippen molar-refractivity contribution in [2.45, 2.75) is 39.3 Å². The average Bonchev–Trinajstić information content (AvgIpc) is 2.17. The number of nitrogens with zero attached hydrogens (tertiary/aromatic N) is 2. The van der Waals surface area contributed by atoms with E-state index in [1.54, 1.807) is 7.11 Å². The zero-order chi connectivity index (χ0) is 11.4. The van der Waals surface area contributed by atoms with Crippen LogP contribution in [0.25, 0.3) is 0 Å². The number of ether oxygens (including phenoxy) is 1. The Labute approximate surface area is 90.9 Å². The highest BCUT2D eigenvalue weighted by molar-refractivity contribution is 5.19. The SMILES string of the molecule is COC(C)Cc1ncc([C@@H](C)N)c(C)n1. The maximum Gasteiger partial charge on any atom is 0.131 e. The van der Waals surface area contributed by atoms with E-state index in [0.717, 1.165) is 23.5 Å². The molecule has 0 spiro atoms. The summed E-state index contributed by atoms with van der Waals surface area (Å²) in [5, 5.41) is 0. The first kappa shape index (κ1) is 12.1. The summed E-state index contributed by atoms with van der Waals surface area (Å²) in [4.78, 5) is 8.69. The zero-order valence-corrected chi connectivity index (χ0v) is 9.82. The third kappa shape index (κ3) is 3.25. The molecule has 0 aliphatic carbocycles. The van der Waals surface area contributed by atoms with E-state index in [4.69, 9.17) is 10.5 Å². The van der Waals surface area contributed by atoms with Gasteiger partial charge in [0.2, 0.25) is 0 Å². The molecule has 0 saturated heterocycles. The average molecular weight is 209 g/mol. The molecule has 0 bridgehead atoms. The molecule has 0 amide bonds. The van der Waals surface area contributed by atoms with E-state index >= 15 is 0 Å². The van der Waals surface area contributed by atoms with E-state index in [2.05, 4.69) is 9.97 Å². The highest BCUT2D eigenvalue weighted by Crippen LogP contribution is 2.12. The van der Waals surface area contributed by atoms with Crippen LogP contribution in [-0.2, 0) is 11.2 Å². The molecule has 0 aromatic carbocycles. The van der Waals surface area contributed by atoms with Crippen LogP contribution in [0.5, 0.6) is 0 Å². The predicted molar refractivity (Wildman–Crippen MR) is 59.5 cm³/mol. The second kappa shape index (κ2) is 5.19. The molecule has 2 N–H and O–H groups in total. The van der Waals surface area contributed by atoms with Gasteiger partial charge in [-0.2, -0.15) is 0 Å². The fourth-order valence-corrected chi connectivity index (χ4v) is 1.41. The minimum Gasteiger partial charge on any atom is -0.381 e. The summed E-state index contributed by atoms with van der Waals surface area (Å²) in [6.07, 6.45) is 2.69. The van der Waals surface area contributed by atoms with Crippen LogP contribution in [0.15, 0.2) is 6.20 Å². The molecule has 0 saturated carbocycles. The lowest BCUT2D eigenvalue weighted by molar-refractivity contribution is 0.117. The van der Waals surface area contributed by atoms with E-state index in [-0.39, 0.29) is 12.1 Å². The van der Waals surface area contributed by atoms with Gasteiger partial charge in [0.05, 0.1) is 6.10 Å². The van der Waals surface area contributed by atoms with Crippen molar-refractivity contribution >= 4 is 0 Å². The number of hydrogen-bond donors (Lipinski definition) is 1. The van der Waals surface area contributed by atoms with Gasteiger partial charge in [-0.15, -0.1) is 0 Å². The van der Waals surface area contributed by atoms with Gasteiger partial charge in [-0.25, -0.2) is 9.97 Å². The van der Waals surface area contributed by atoms with Gasteiger partial charge < -0.3 is 10.5 Å². The van der Waals surface area contributed by atoms with E-state index < -0.39 is 0 Å². The minimum absolute atomic E-state index is 0.0149. The van der Waals surface area contributed by atoms with Crippen molar-refractivity contribution in [3.63, 3.8) is 0 Å². The van der Waals surface area contributed by atoms with Crippen molar-refractivity contribution in [2.24, 2.45) is 5.73 Å². The minimum atomic E-state index is -0.0149. The first-order chi connectivity index (χ1) is 7.04. The Balaban J connectivity index is 2.82. The number of methoxy groups -OCH3 is 1. The van der Waals surface area contributed by atoms with E-state index in [0.29, 0.717) is 0 Å². The van der Waals surface area contributed by atoms with Gasteiger partial charge in [-0.1, -0.05) is 0 Å². The standard InChI is InChI=1S/C11H19N3O/c1-7(15-4)5-11-13-6-10(8(2)12)9(3)14-11/h6-8H,5,12H2,1-4H3/t7?,8-/m1/s1. The molecule has 1 unspecified atom stereocenters. The molecule has 0 aliphatic rings. The molecule has 1 aromatic heterocycles. The Kier molecular flexibility index (Phi) is 4.17. The monoisotopic (exact) mass is 209 g/mol. The summed E-state index contributed by atoms with van der Waals surface area (Å²) < 4.78 is 5.17. The largest absolute Gasteiger partial charge is 0.381 e.